The molecule has 0 bridgehead atoms. The first-order chi connectivity index (χ1) is 15.6. The number of pyridine rings is 2. The predicted octanol–water partition coefficient (Wildman–Crippen LogP) is 3.51. The fourth-order valence-electron chi connectivity index (χ4n) is 3.98. The van der Waals surface area contributed by atoms with Gasteiger partial charge >= 0.3 is 0 Å². The number of hydrogen-bond acceptors (Lipinski definition) is 6. The highest BCUT2D eigenvalue weighted by Gasteiger charge is 2.25. The van der Waals surface area contributed by atoms with Gasteiger partial charge in [0.05, 0.1) is 5.56 Å². The summed E-state index contributed by atoms with van der Waals surface area (Å²) in [7, 11) is 0. The van der Waals surface area contributed by atoms with E-state index in [-0.39, 0.29) is 5.91 Å². The van der Waals surface area contributed by atoms with Crippen LogP contribution in [0, 0.1) is 25.2 Å². The summed E-state index contributed by atoms with van der Waals surface area (Å²) >= 11 is 0. The van der Waals surface area contributed by atoms with Crippen LogP contribution in [-0.4, -0.2) is 47.0 Å². The van der Waals surface area contributed by atoms with Crippen LogP contribution in [0.15, 0.2) is 55.0 Å². The third kappa shape index (κ3) is 4.54. The summed E-state index contributed by atoms with van der Waals surface area (Å²) in [4.78, 5) is 25.5. The van der Waals surface area contributed by atoms with Crippen LogP contribution in [0.1, 0.15) is 32.6 Å². The Labute approximate surface area is 187 Å². The summed E-state index contributed by atoms with van der Waals surface area (Å²) in [6.07, 6.45) is 5.21. The molecule has 2 aromatic heterocycles. The van der Waals surface area contributed by atoms with E-state index in [2.05, 4.69) is 20.9 Å². The highest BCUT2D eigenvalue weighted by molar-refractivity contribution is 5.95. The highest BCUT2D eigenvalue weighted by atomic mass is 16.5. The van der Waals surface area contributed by atoms with Crippen molar-refractivity contribution in [3.8, 4) is 11.8 Å². The maximum Gasteiger partial charge on any atom is 0.253 e. The average molecular weight is 428 g/mol. The Morgan fingerprint density at radius 2 is 1.81 bits per heavy atom. The van der Waals surface area contributed by atoms with Gasteiger partial charge in [0.1, 0.15) is 24.2 Å². The SMILES string of the molecule is Cc1cc(C(=O)N2CCN(c3ncccc3C#N)CC2)cc(C)c1OCc1cccnc1. The van der Waals surface area contributed by atoms with Crippen molar-refractivity contribution in [2.45, 2.75) is 20.5 Å². The van der Waals surface area contributed by atoms with Gasteiger partial charge in [-0.25, -0.2) is 4.98 Å². The molecule has 32 heavy (non-hydrogen) atoms. The van der Waals surface area contributed by atoms with Gasteiger partial charge in [-0.15, -0.1) is 0 Å². The number of benzene rings is 1. The minimum Gasteiger partial charge on any atom is -0.488 e. The molecule has 1 amide bonds. The molecule has 1 aliphatic heterocycles. The topological polar surface area (TPSA) is 82.4 Å². The van der Waals surface area contributed by atoms with Crippen molar-refractivity contribution in [2.75, 3.05) is 31.1 Å². The van der Waals surface area contributed by atoms with Crippen LogP contribution in [-0.2, 0) is 6.61 Å². The fraction of sp³-hybridized carbons (Fsp3) is 0.280. The molecule has 0 atom stereocenters. The van der Waals surface area contributed by atoms with E-state index in [0.717, 1.165) is 22.4 Å². The van der Waals surface area contributed by atoms with Gasteiger partial charge in [-0.2, -0.15) is 5.26 Å². The summed E-state index contributed by atoms with van der Waals surface area (Å²) in [5.41, 5.74) is 4.08. The molecule has 0 radical (unpaired) electrons. The van der Waals surface area contributed by atoms with Gasteiger partial charge in [-0.3, -0.25) is 9.78 Å². The lowest BCUT2D eigenvalue weighted by molar-refractivity contribution is 0.0746. The van der Waals surface area contributed by atoms with Crippen LogP contribution in [0.25, 0.3) is 0 Å². The van der Waals surface area contributed by atoms with Crippen molar-refractivity contribution in [2.24, 2.45) is 0 Å². The number of aryl methyl sites for hydroxylation is 2. The van der Waals surface area contributed by atoms with Gasteiger partial charge in [-0.1, -0.05) is 6.07 Å². The Hall–Kier alpha value is -3.92. The minimum atomic E-state index is 0.0104. The van der Waals surface area contributed by atoms with Crippen molar-refractivity contribution in [3.63, 3.8) is 0 Å². The molecule has 7 heteroatoms. The van der Waals surface area contributed by atoms with Crippen molar-refractivity contribution in [1.29, 1.82) is 5.26 Å². The number of aromatic nitrogens is 2. The largest absolute Gasteiger partial charge is 0.488 e. The van der Waals surface area contributed by atoms with Gasteiger partial charge in [0.25, 0.3) is 5.91 Å². The molecule has 0 N–H and O–H groups in total. The zero-order valence-corrected chi connectivity index (χ0v) is 18.3. The monoisotopic (exact) mass is 427 g/mol. The van der Waals surface area contributed by atoms with E-state index < -0.39 is 0 Å². The summed E-state index contributed by atoms with van der Waals surface area (Å²) in [5.74, 6) is 1.49. The van der Waals surface area contributed by atoms with Crippen LogP contribution >= 0.6 is 0 Å². The summed E-state index contributed by atoms with van der Waals surface area (Å²) in [6.45, 7) is 6.80. The number of carbonyl (C=O) groups excluding carboxylic acids is 1. The number of amides is 1. The third-order valence-electron chi connectivity index (χ3n) is 5.59. The van der Waals surface area contributed by atoms with Gasteiger partial charge in [0.15, 0.2) is 0 Å². The number of carbonyl (C=O) groups is 1. The molecule has 0 saturated carbocycles. The second-order valence-corrected chi connectivity index (χ2v) is 7.85. The molecule has 3 heterocycles. The third-order valence-corrected chi connectivity index (χ3v) is 5.59. The second-order valence-electron chi connectivity index (χ2n) is 7.85. The van der Waals surface area contributed by atoms with Crippen LogP contribution < -0.4 is 9.64 Å². The maximum atomic E-state index is 13.2. The Morgan fingerprint density at radius 1 is 1.09 bits per heavy atom. The molecule has 4 rings (SSSR count). The molecule has 1 aromatic carbocycles. The lowest BCUT2D eigenvalue weighted by Gasteiger charge is -2.35. The van der Waals surface area contributed by atoms with Gasteiger partial charge in [0.2, 0.25) is 0 Å². The van der Waals surface area contributed by atoms with E-state index in [1.165, 1.54) is 0 Å². The highest BCUT2D eigenvalue weighted by Crippen LogP contribution is 2.27. The van der Waals surface area contributed by atoms with Crippen molar-refractivity contribution >= 4 is 11.7 Å². The molecular weight excluding hydrogens is 402 g/mol. The van der Waals surface area contributed by atoms with Crippen LogP contribution in [0.3, 0.4) is 0 Å². The van der Waals surface area contributed by atoms with Gasteiger partial charge in [-0.05, 0) is 55.3 Å². The van der Waals surface area contributed by atoms with E-state index in [0.29, 0.717) is 49.7 Å². The maximum absolute atomic E-state index is 13.2. The predicted molar refractivity (Wildman–Crippen MR) is 122 cm³/mol. The summed E-state index contributed by atoms with van der Waals surface area (Å²) < 4.78 is 6.01. The number of piperazine rings is 1. The molecule has 3 aromatic rings. The number of hydrogen-bond donors (Lipinski definition) is 0. The number of ether oxygens (including phenoxy) is 1. The van der Waals surface area contributed by atoms with Crippen LogP contribution in [0.4, 0.5) is 5.82 Å². The number of nitriles is 1. The fourth-order valence-corrected chi connectivity index (χ4v) is 3.98. The average Bonchev–Trinajstić information content (AvgIpc) is 2.83. The molecule has 162 valence electrons. The number of rotatable bonds is 5. The van der Waals surface area contributed by atoms with Crippen molar-refractivity contribution in [1.82, 2.24) is 14.9 Å². The summed E-state index contributed by atoms with van der Waals surface area (Å²) in [6, 6.07) is 13.4. The van der Waals surface area contributed by atoms with E-state index in [1.807, 2.05) is 43.0 Å². The van der Waals surface area contributed by atoms with Crippen LogP contribution in [0.5, 0.6) is 5.75 Å². The van der Waals surface area contributed by atoms with Gasteiger partial charge < -0.3 is 14.5 Å². The smallest absolute Gasteiger partial charge is 0.253 e. The molecule has 1 saturated heterocycles. The lowest BCUT2D eigenvalue weighted by atomic mass is 10.0. The Balaban J connectivity index is 1.42. The standard InChI is InChI=1S/C25H25N5O2/c1-18-13-22(14-19(2)23(18)32-17-20-5-3-7-27-16-20)25(31)30-11-9-29(10-12-30)24-21(15-26)6-4-8-28-24/h3-8,13-14,16H,9-12,17H2,1-2H3. The normalized spacial score (nSPS) is 13.5. The van der Waals surface area contributed by atoms with Crippen molar-refractivity contribution < 1.29 is 9.53 Å². The molecule has 1 aliphatic rings. The minimum absolute atomic E-state index is 0.0104. The first-order valence-electron chi connectivity index (χ1n) is 10.6. The van der Waals surface area contributed by atoms with Crippen LogP contribution in [0.2, 0.25) is 0 Å². The molecule has 0 unspecified atom stereocenters. The first-order valence-corrected chi connectivity index (χ1v) is 10.6. The number of anilines is 1. The Kier molecular flexibility index (Phi) is 6.31. The number of nitrogens with zero attached hydrogens (tertiary/aromatic N) is 5. The Morgan fingerprint density at radius 3 is 2.47 bits per heavy atom. The molecule has 0 aliphatic carbocycles. The molecular formula is C25H25N5O2. The van der Waals surface area contributed by atoms with E-state index in [1.54, 1.807) is 30.7 Å². The Bertz CT molecular complexity index is 1130. The van der Waals surface area contributed by atoms with E-state index in [4.69, 9.17) is 4.74 Å². The van der Waals surface area contributed by atoms with E-state index >= 15 is 0 Å². The quantitative estimate of drug-likeness (QED) is 0.620. The molecule has 7 nitrogen and oxygen atoms in total. The van der Waals surface area contributed by atoms with E-state index in [9.17, 15) is 10.1 Å². The molecule has 0 spiro atoms. The van der Waals surface area contributed by atoms with Crippen molar-refractivity contribution in [3.05, 3.63) is 82.8 Å². The zero-order chi connectivity index (χ0) is 22.5. The first kappa shape index (κ1) is 21.3. The second kappa shape index (κ2) is 9.48. The van der Waals surface area contributed by atoms with Gasteiger partial charge in [0, 0.05) is 55.9 Å². The summed E-state index contributed by atoms with van der Waals surface area (Å²) in [5, 5.41) is 9.32. The molecule has 1 fully saturated rings. The lowest BCUT2D eigenvalue weighted by Crippen LogP contribution is -2.49. The zero-order valence-electron chi connectivity index (χ0n) is 18.3.